The van der Waals surface area contributed by atoms with Crippen molar-refractivity contribution < 1.29 is 9.47 Å². The van der Waals surface area contributed by atoms with Crippen molar-refractivity contribution in [1.82, 2.24) is 10.3 Å². The minimum absolute atomic E-state index is 0.491. The molecule has 0 saturated heterocycles. The number of benzene rings is 1. The van der Waals surface area contributed by atoms with E-state index >= 15 is 0 Å². The van der Waals surface area contributed by atoms with Gasteiger partial charge in [0.1, 0.15) is 5.75 Å². The van der Waals surface area contributed by atoms with Crippen LogP contribution in [-0.4, -0.2) is 18.6 Å². The molecule has 4 nitrogen and oxygen atoms in total. The highest BCUT2D eigenvalue weighted by molar-refractivity contribution is 5.37. The summed E-state index contributed by atoms with van der Waals surface area (Å²) in [7, 11) is 1.92. The number of nitrogens with zero attached hydrogens (tertiary/aromatic N) is 1. The van der Waals surface area contributed by atoms with Crippen molar-refractivity contribution in [2.45, 2.75) is 13.5 Å². The first-order valence-electron chi connectivity index (χ1n) is 6.32. The first kappa shape index (κ1) is 13.4. The van der Waals surface area contributed by atoms with Gasteiger partial charge in [0.15, 0.2) is 5.75 Å². The molecule has 0 spiro atoms. The van der Waals surface area contributed by atoms with Gasteiger partial charge in [0, 0.05) is 12.7 Å². The highest BCUT2D eigenvalue weighted by Crippen LogP contribution is 2.28. The van der Waals surface area contributed by atoms with Crippen LogP contribution in [-0.2, 0) is 6.54 Å². The van der Waals surface area contributed by atoms with Crippen LogP contribution in [0.1, 0.15) is 12.5 Å². The van der Waals surface area contributed by atoms with Gasteiger partial charge in [-0.25, -0.2) is 4.98 Å². The summed E-state index contributed by atoms with van der Waals surface area (Å²) in [5, 5.41) is 3.11. The number of nitrogens with one attached hydrogen (secondary N) is 1. The second kappa shape index (κ2) is 6.75. The summed E-state index contributed by atoms with van der Waals surface area (Å²) in [6.45, 7) is 3.36. The van der Waals surface area contributed by atoms with Gasteiger partial charge in [-0.3, -0.25) is 0 Å². The molecule has 1 aromatic heterocycles. The van der Waals surface area contributed by atoms with E-state index in [1.807, 2.05) is 50.4 Å². The zero-order valence-electron chi connectivity index (χ0n) is 11.2. The summed E-state index contributed by atoms with van der Waals surface area (Å²) in [5.41, 5.74) is 1.21. The topological polar surface area (TPSA) is 43.4 Å². The van der Waals surface area contributed by atoms with Gasteiger partial charge in [0.05, 0.1) is 6.61 Å². The monoisotopic (exact) mass is 258 g/mol. The molecule has 1 heterocycles. The average molecular weight is 258 g/mol. The van der Waals surface area contributed by atoms with Crippen molar-refractivity contribution in [3.63, 3.8) is 0 Å². The first-order valence-corrected chi connectivity index (χ1v) is 6.32. The third-order valence-corrected chi connectivity index (χ3v) is 2.55. The van der Waals surface area contributed by atoms with Crippen molar-refractivity contribution in [1.29, 1.82) is 0 Å². The molecule has 1 N–H and O–H groups in total. The lowest BCUT2D eigenvalue weighted by atomic mass is 10.2. The Morgan fingerprint density at radius 2 is 1.95 bits per heavy atom. The molecule has 1 aromatic carbocycles. The Kier molecular flexibility index (Phi) is 4.75. The van der Waals surface area contributed by atoms with Crippen LogP contribution in [0, 0.1) is 0 Å². The maximum absolute atomic E-state index is 5.74. The largest absolute Gasteiger partial charge is 0.488 e. The predicted octanol–water partition coefficient (Wildman–Crippen LogP) is 2.99. The van der Waals surface area contributed by atoms with Crippen LogP contribution >= 0.6 is 0 Å². The third-order valence-electron chi connectivity index (χ3n) is 2.55. The zero-order valence-corrected chi connectivity index (χ0v) is 11.2. The summed E-state index contributed by atoms with van der Waals surface area (Å²) in [5.74, 6) is 1.90. The van der Waals surface area contributed by atoms with Crippen LogP contribution in [0.25, 0.3) is 0 Å². The lowest BCUT2D eigenvalue weighted by molar-refractivity contribution is 0.316. The average Bonchev–Trinajstić information content (AvgIpc) is 2.44. The molecule has 0 aliphatic carbocycles. The van der Waals surface area contributed by atoms with Gasteiger partial charge < -0.3 is 14.8 Å². The van der Waals surface area contributed by atoms with Crippen molar-refractivity contribution in [3.8, 4) is 17.4 Å². The molecule has 2 aromatic rings. The molecular weight excluding hydrogens is 240 g/mol. The second-order valence-electron chi connectivity index (χ2n) is 4.02. The second-order valence-corrected chi connectivity index (χ2v) is 4.02. The molecule has 2 rings (SSSR count). The van der Waals surface area contributed by atoms with Crippen molar-refractivity contribution >= 4 is 0 Å². The van der Waals surface area contributed by atoms with Crippen molar-refractivity contribution in [2.75, 3.05) is 13.7 Å². The van der Waals surface area contributed by atoms with Gasteiger partial charge in [0.2, 0.25) is 0 Å². The van der Waals surface area contributed by atoms with E-state index in [1.165, 1.54) is 5.56 Å². The van der Waals surface area contributed by atoms with Gasteiger partial charge in [-0.15, -0.1) is 0 Å². The number of hydrogen-bond acceptors (Lipinski definition) is 4. The Morgan fingerprint density at radius 1 is 1.16 bits per heavy atom. The summed E-state index contributed by atoms with van der Waals surface area (Å²) >= 11 is 0. The fraction of sp³-hybridized carbons (Fsp3) is 0.267. The smallest absolute Gasteiger partial charge is 0.262 e. The van der Waals surface area contributed by atoms with E-state index < -0.39 is 0 Å². The zero-order chi connectivity index (χ0) is 13.5. The molecule has 0 fully saturated rings. The van der Waals surface area contributed by atoms with E-state index in [2.05, 4.69) is 10.3 Å². The first-order chi connectivity index (χ1) is 9.33. The van der Waals surface area contributed by atoms with E-state index in [9.17, 15) is 0 Å². The number of pyridine rings is 1. The lowest BCUT2D eigenvalue weighted by Gasteiger charge is -2.10. The molecule has 0 unspecified atom stereocenters. The maximum atomic E-state index is 5.74. The van der Waals surface area contributed by atoms with Crippen LogP contribution < -0.4 is 14.8 Å². The van der Waals surface area contributed by atoms with Crippen LogP contribution in [0.2, 0.25) is 0 Å². The fourth-order valence-electron chi connectivity index (χ4n) is 1.71. The van der Waals surface area contributed by atoms with Gasteiger partial charge in [-0.1, -0.05) is 12.1 Å². The number of hydrogen-bond donors (Lipinski definition) is 1. The highest BCUT2D eigenvalue weighted by Gasteiger charge is 2.06. The standard InChI is InChI=1S/C15H18N2O2/c1-3-18-14-5-4-10-17-15(14)19-13-8-6-12(7-9-13)11-16-2/h4-10,16H,3,11H2,1-2H3. The predicted molar refractivity (Wildman–Crippen MR) is 74.7 cm³/mol. The van der Waals surface area contributed by atoms with E-state index in [4.69, 9.17) is 9.47 Å². The molecule has 0 aliphatic heterocycles. The highest BCUT2D eigenvalue weighted by atomic mass is 16.5. The molecular formula is C15H18N2O2. The molecule has 0 amide bonds. The summed E-state index contributed by atoms with van der Waals surface area (Å²) in [6, 6.07) is 11.6. The number of ether oxygens (including phenoxy) is 2. The van der Waals surface area contributed by atoms with Crippen LogP contribution in [0.15, 0.2) is 42.6 Å². The van der Waals surface area contributed by atoms with E-state index in [0.29, 0.717) is 18.2 Å². The van der Waals surface area contributed by atoms with Gasteiger partial charge >= 0.3 is 0 Å². The summed E-state index contributed by atoms with van der Waals surface area (Å²) in [4.78, 5) is 4.19. The van der Waals surface area contributed by atoms with Crippen molar-refractivity contribution in [3.05, 3.63) is 48.2 Å². The van der Waals surface area contributed by atoms with Crippen molar-refractivity contribution in [2.24, 2.45) is 0 Å². The Hall–Kier alpha value is -2.07. The molecule has 0 saturated carbocycles. The van der Waals surface area contributed by atoms with E-state index in [0.717, 1.165) is 12.3 Å². The van der Waals surface area contributed by atoms with Crippen LogP contribution in [0.3, 0.4) is 0 Å². The van der Waals surface area contributed by atoms with E-state index in [1.54, 1.807) is 6.20 Å². The fourth-order valence-corrected chi connectivity index (χ4v) is 1.71. The van der Waals surface area contributed by atoms with Crippen LogP contribution in [0.4, 0.5) is 0 Å². The molecule has 0 bridgehead atoms. The van der Waals surface area contributed by atoms with Gasteiger partial charge in [-0.2, -0.15) is 0 Å². The lowest BCUT2D eigenvalue weighted by Crippen LogP contribution is -2.04. The molecule has 0 atom stereocenters. The Balaban J connectivity index is 2.12. The van der Waals surface area contributed by atoms with Gasteiger partial charge in [0.25, 0.3) is 5.88 Å². The Morgan fingerprint density at radius 3 is 2.63 bits per heavy atom. The molecule has 0 radical (unpaired) electrons. The van der Waals surface area contributed by atoms with Crippen LogP contribution in [0.5, 0.6) is 17.4 Å². The van der Waals surface area contributed by atoms with E-state index in [-0.39, 0.29) is 0 Å². The minimum atomic E-state index is 0.491. The normalized spacial score (nSPS) is 10.2. The minimum Gasteiger partial charge on any atom is -0.488 e. The number of aromatic nitrogens is 1. The Labute approximate surface area is 113 Å². The molecule has 100 valence electrons. The quantitative estimate of drug-likeness (QED) is 0.865. The number of rotatable bonds is 6. The Bertz CT molecular complexity index is 512. The third kappa shape index (κ3) is 3.69. The summed E-state index contributed by atoms with van der Waals surface area (Å²) in [6.07, 6.45) is 1.69. The summed E-state index contributed by atoms with van der Waals surface area (Å²) < 4.78 is 11.2. The van der Waals surface area contributed by atoms with Gasteiger partial charge in [-0.05, 0) is 43.8 Å². The molecule has 4 heteroatoms. The SMILES string of the molecule is CCOc1cccnc1Oc1ccc(CNC)cc1. The molecule has 19 heavy (non-hydrogen) atoms. The molecule has 0 aliphatic rings. The maximum Gasteiger partial charge on any atom is 0.262 e.